The van der Waals surface area contributed by atoms with Crippen molar-refractivity contribution in [1.82, 2.24) is 0 Å². The number of hydrogen-bond donors (Lipinski definition) is 1. The first-order valence-electron chi connectivity index (χ1n) is 5.92. The molecule has 0 aliphatic carbocycles. The van der Waals surface area contributed by atoms with Gasteiger partial charge >= 0.3 is 0 Å². The Labute approximate surface area is 98.8 Å². The summed E-state index contributed by atoms with van der Waals surface area (Å²) in [6.07, 6.45) is 1.16. The lowest BCUT2D eigenvalue weighted by Gasteiger charge is -2.23. The molecule has 0 bridgehead atoms. The number of hydrogen-bond acceptors (Lipinski definition) is 2. The van der Waals surface area contributed by atoms with Crippen LogP contribution in [0.2, 0.25) is 0 Å². The summed E-state index contributed by atoms with van der Waals surface area (Å²) in [6, 6.07) is 10.3. The Hall–Kier alpha value is -0.860. The van der Waals surface area contributed by atoms with Crippen molar-refractivity contribution in [2.75, 3.05) is 13.2 Å². The molecule has 1 aromatic carbocycles. The molecule has 16 heavy (non-hydrogen) atoms. The fraction of sp³-hybridized carbons (Fsp3) is 0.571. The summed E-state index contributed by atoms with van der Waals surface area (Å²) in [4.78, 5) is 0. The fourth-order valence-electron chi connectivity index (χ4n) is 1.43. The van der Waals surface area contributed by atoms with E-state index >= 15 is 0 Å². The summed E-state index contributed by atoms with van der Waals surface area (Å²) in [6.45, 7) is 7.90. The normalized spacial score (nSPS) is 13.8. The molecular formula is C14H23NO. The summed E-state index contributed by atoms with van der Waals surface area (Å²) in [7, 11) is 0. The van der Waals surface area contributed by atoms with E-state index in [2.05, 4.69) is 32.9 Å². The third kappa shape index (κ3) is 4.33. The Bertz CT molecular complexity index is 295. The molecule has 0 radical (unpaired) electrons. The zero-order chi connectivity index (χ0) is 12.0. The smallest absolute Gasteiger partial charge is 0.0796 e. The zero-order valence-corrected chi connectivity index (χ0v) is 10.6. The van der Waals surface area contributed by atoms with Crippen molar-refractivity contribution in [3.63, 3.8) is 0 Å². The second-order valence-corrected chi connectivity index (χ2v) is 5.04. The van der Waals surface area contributed by atoms with Crippen LogP contribution in [0.15, 0.2) is 30.3 Å². The quantitative estimate of drug-likeness (QED) is 0.801. The van der Waals surface area contributed by atoms with Gasteiger partial charge in [-0.05, 0) is 30.9 Å². The fourth-order valence-corrected chi connectivity index (χ4v) is 1.43. The molecule has 0 saturated carbocycles. The molecule has 90 valence electrons. The molecule has 1 rings (SSSR count). The van der Waals surface area contributed by atoms with Gasteiger partial charge in [0.2, 0.25) is 0 Å². The van der Waals surface area contributed by atoms with Crippen molar-refractivity contribution in [3.8, 4) is 0 Å². The van der Waals surface area contributed by atoms with Crippen LogP contribution in [0.3, 0.4) is 0 Å². The molecule has 2 N–H and O–H groups in total. The number of rotatable bonds is 6. The molecule has 1 unspecified atom stereocenters. The summed E-state index contributed by atoms with van der Waals surface area (Å²) < 4.78 is 5.81. The van der Waals surface area contributed by atoms with Crippen LogP contribution in [0.1, 0.15) is 38.9 Å². The van der Waals surface area contributed by atoms with Gasteiger partial charge in [0, 0.05) is 6.61 Å². The average Bonchev–Trinajstić information content (AvgIpc) is 2.30. The van der Waals surface area contributed by atoms with E-state index in [-0.39, 0.29) is 11.5 Å². The van der Waals surface area contributed by atoms with Crippen LogP contribution in [-0.4, -0.2) is 13.2 Å². The van der Waals surface area contributed by atoms with Crippen molar-refractivity contribution in [3.05, 3.63) is 35.9 Å². The van der Waals surface area contributed by atoms with Crippen molar-refractivity contribution in [2.45, 2.75) is 33.3 Å². The lowest BCUT2D eigenvalue weighted by molar-refractivity contribution is 0.0471. The van der Waals surface area contributed by atoms with E-state index in [1.807, 2.05) is 18.2 Å². The van der Waals surface area contributed by atoms with Gasteiger partial charge in [0.05, 0.1) is 6.10 Å². The van der Waals surface area contributed by atoms with E-state index < -0.39 is 0 Å². The molecule has 0 fully saturated rings. The highest BCUT2D eigenvalue weighted by molar-refractivity contribution is 5.16. The van der Waals surface area contributed by atoms with Gasteiger partial charge in [0.1, 0.15) is 0 Å². The highest BCUT2D eigenvalue weighted by atomic mass is 16.5. The van der Waals surface area contributed by atoms with Gasteiger partial charge in [-0.15, -0.1) is 0 Å². The van der Waals surface area contributed by atoms with Crippen LogP contribution in [0.25, 0.3) is 0 Å². The van der Waals surface area contributed by atoms with Crippen LogP contribution in [0.5, 0.6) is 0 Å². The van der Waals surface area contributed by atoms with Gasteiger partial charge in [-0.25, -0.2) is 0 Å². The zero-order valence-electron chi connectivity index (χ0n) is 10.6. The molecule has 0 saturated heterocycles. The minimum Gasteiger partial charge on any atom is -0.374 e. The number of nitrogens with two attached hydrogens (primary N) is 1. The standard InChI is InChI=1S/C14H23NO/c1-12(13-7-5-4-6-8-13)16-10-9-14(2,3)11-15/h4-8,12H,9-11,15H2,1-3H3. The Morgan fingerprint density at radius 1 is 1.25 bits per heavy atom. The Kier molecular flexibility index (Phi) is 4.97. The van der Waals surface area contributed by atoms with Crippen LogP contribution < -0.4 is 5.73 Å². The van der Waals surface area contributed by atoms with Crippen LogP contribution in [0, 0.1) is 5.41 Å². The van der Waals surface area contributed by atoms with Crippen molar-refractivity contribution in [1.29, 1.82) is 0 Å². The first-order valence-corrected chi connectivity index (χ1v) is 5.92. The molecule has 0 aliphatic rings. The second-order valence-electron chi connectivity index (χ2n) is 5.04. The van der Waals surface area contributed by atoms with Crippen molar-refractivity contribution in [2.24, 2.45) is 11.1 Å². The third-order valence-electron chi connectivity index (χ3n) is 2.97. The van der Waals surface area contributed by atoms with E-state index in [1.165, 1.54) is 5.56 Å². The predicted molar refractivity (Wildman–Crippen MR) is 68.3 cm³/mol. The Balaban J connectivity index is 2.34. The lowest BCUT2D eigenvalue weighted by atomic mass is 9.90. The summed E-state index contributed by atoms with van der Waals surface area (Å²) in [5, 5.41) is 0. The molecule has 0 amide bonds. The van der Waals surface area contributed by atoms with Crippen molar-refractivity contribution < 1.29 is 4.74 Å². The first kappa shape index (κ1) is 13.2. The molecule has 2 nitrogen and oxygen atoms in total. The van der Waals surface area contributed by atoms with E-state index in [0.717, 1.165) is 13.0 Å². The molecule has 0 aliphatic heterocycles. The van der Waals surface area contributed by atoms with Crippen LogP contribution in [-0.2, 0) is 4.74 Å². The van der Waals surface area contributed by atoms with Gasteiger partial charge in [-0.1, -0.05) is 44.2 Å². The lowest BCUT2D eigenvalue weighted by Crippen LogP contribution is -2.25. The maximum Gasteiger partial charge on any atom is 0.0796 e. The molecule has 0 spiro atoms. The molecule has 1 aromatic rings. The maximum atomic E-state index is 5.81. The van der Waals surface area contributed by atoms with Crippen molar-refractivity contribution >= 4 is 0 Å². The summed E-state index contributed by atoms with van der Waals surface area (Å²) in [5.41, 5.74) is 7.09. The summed E-state index contributed by atoms with van der Waals surface area (Å²) >= 11 is 0. The highest BCUT2D eigenvalue weighted by Crippen LogP contribution is 2.21. The molecule has 0 aromatic heterocycles. The molecule has 1 atom stereocenters. The molecule has 2 heteroatoms. The van der Waals surface area contributed by atoms with E-state index in [4.69, 9.17) is 10.5 Å². The van der Waals surface area contributed by atoms with Crippen LogP contribution in [0.4, 0.5) is 0 Å². The van der Waals surface area contributed by atoms with Gasteiger partial charge in [0.15, 0.2) is 0 Å². The van der Waals surface area contributed by atoms with E-state index in [1.54, 1.807) is 0 Å². The monoisotopic (exact) mass is 221 g/mol. The van der Waals surface area contributed by atoms with Gasteiger partial charge < -0.3 is 10.5 Å². The molecule has 0 heterocycles. The van der Waals surface area contributed by atoms with E-state index in [0.29, 0.717) is 6.54 Å². The van der Waals surface area contributed by atoms with Gasteiger partial charge in [-0.3, -0.25) is 0 Å². The SMILES string of the molecule is CC(OCCC(C)(C)CN)c1ccccc1. The van der Waals surface area contributed by atoms with E-state index in [9.17, 15) is 0 Å². The maximum absolute atomic E-state index is 5.81. The number of ether oxygens (including phenoxy) is 1. The third-order valence-corrected chi connectivity index (χ3v) is 2.97. The number of benzene rings is 1. The first-order chi connectivity index (χ1) is 7.55. The van der Waals surface area contributed by atoms with Gasteiger partial charge in [0.25, 0.3) is 0 Å². The molecular weight excluding hydrogens is 198 g/mol. The summed E-state index contributed by atoms with van der Waals surface area (Å²) in [5.74, 6) is 0. The highest BCUT2D eigenvalue weighted by Gasteiger charge is 2.15. The van der Waals surface area contributed by atoms with Gasteiger partial charge in [-0.2, -0.15) is 0 Å². The minimum absolute atomic E-state index is 0.162. The second kappa shape index (κ2) is 6.02. The average molecular weight is 221 g/mol. The minimum atomic E-state index is 0.162. The topological polar surface area (TPSA) is 35.2 Å². The predicted octanol–water partition coefficient (Wildman–Crippen LogP) is 3.14. The Morgan fingerprint density at radius 2 is 1.88 bits per heavy atom. The largest absolute Gasteiger partial charge is 0.374 e. The Morgan fingerprint density at radius 3 is 2.44 bits per heavy atom. The van der Waals surface area contributed by atoms with Crippen LogP contribution >= 0.6 is 0 Å².